The molecule has 1 atom stereocenters. The molecule has 0 amide bonds. The number of thiocarbonyl (C=S) groups is 1. The molecule has 1 aromatic carbocycles. The lowest BCUT2D eigenvalue weighted by atomic mass is 10.1. The lowest BCUT2D eigenvalue weighted by molar-refractivity contribution is 0.278. The van der Waals surface area contributed by atoms with Gasteiger partial charge in [-0.1, -0.05) is 40.9 Å². The van der Waals surface area contributed by atoms with Gasteiger partial charge in [0.1, 0.15) is 0 Å². The van der Waals surface area contributed by atoms with Gasteiger partial charge >= 0.3 is 0 Å². The van der Waals surface area contributed by atoms with Crippen molar-refractivity contribution in [2.24, 2.45) is 5.73 Å². The fraction of sp³-hybridized carbons (Fsp3) is 0.214. The average Bonchev–Trinajstić information content (AvgIpc) is 2.41. The van der Waals surface area contributed by atoms with Crippen LogP contribution in [-0.2, 0) is 6.42 Å². The lowest BCUT2D eigenvalue weighted by Gasteiger charge is -2.39. The van der Waals surface area contributed by atoms with Crippen molar-refractivity contribution in [2.45, 2.75) is 11.0 Å². The molecule has 0 aromatic heterocycles. The minimum absolute atomic E-state index is 0.200. The number of hydrogen-bond acceptors (Lipinski definition) is 2. The predicted octanol–water partition coefficient (Wildman–Crippen LogP) is 4.46. The second kappa shape index (κ2) is 7.41. The molecule has 3 N–H and O–H groups in total. The standard InChI is InChI=1S/C14H13BrCl3N3S/c15-14(20-13(19)22)4-1-2-5-21(14)6-3-9-7-10(16)8-11(17)12(9)18/h1-2,4-5,7-8H,3,6H2,(H3,19,20,22). The van der Waals surface area contributed by atoms with Crippen molar-refractivity contribution in [1.29, 1.82) is 0 Å². The third-order valence-electron chi connectivity index (χ3n) is 3.10. The monoisotopic (exact) mass is 439 g/mol. The molecule has 0 saturated heterocycles. The fourth-order valence-corrected chi connectivity index (χ4v) is 3.78. The van der Waals surface area contributed by atoms with Gasteiger partial charge in [-0.15, -0.1) is 0 Å². The summed E-state index contributed by atoms with van der Waals surface area (Å²) in [5, 5.41) is 4.74. The Kier molecular flexibility index (Phi) is 6.02. The van der Waals surface area contributed by atoms with E-state index < -0.39 is 4.57 Å². The number of nitrogens with one attached hydrogen (secondary N) is 1. The van der Waals surface area contributed by atoms with Crippen LogP contribution in [0.25, 0.3) is 0 Å². The number of nitrogens with two attached hydrogens (primary N) is 1. The van der Waals surface area contributed by atoms with E-state index in [1.165, 1.54) is 0 Å². The van der Waals surface area contributed by atoms with Crippen molar-refractivity contribution in [3.05, 3.63) is 57.2 Å². The van der Waals surface area contributed by atoms with Crippen LogP contribution in [0.5, 0.6) is 0 Å². The van der Waals surface area contributed by atoms with Crippen molar-refractivity contribution < 1.29 is 0 Å². The molecule has 8 heteroatoms. The van der Waals surface area contributed by atoms with Gasteiger partial charge < -0.3 is 16.0 Å². The first-order valence-electron chi connectivity index (χ1n) is 6.34. The average molecular weight is 442 g/mol. The summed E-state index contributed by atoms with van der Waals surface area (Å²) in [5.74, 6) is 0. The van der Waals surface area contributed by atoms with E-state index in [1.807, 2.05) is 35.4 Å². The van der Waals surface area contributed by atoms with Gasteiger partial charge in [-0.25, -0.2) is 0 Å². The quantitative estimate of drug-likeness (QED) is 0.313. The zero-order chi connectivity index (χ0) is 16.3. The molecular weight excluding hydrogens is 429 g/mol. The molecule has 1 aromatic rings. The second-order valence-corrected chi connectivity index (χ2v) is 7.54. The molecule has 1 aliphatic rings. The van der Waals surface area contributed by atoms with Crippen LogP contribution in [0.15, 0.2) is 36.6 Å². The highest BCUT2D eigenvalue weighted by Gasteiger charge is 2.30. The Hall–Kier alpha value is -0.460. The Balaban J connectivity index is 2.15. The van der Waals surface area contributed by atoms with Crippen molar-refractivity contribution in [2.75, 3.05) is 6.54 Å². The zero-order valence-corrected chi connectivity index (χ0v) is 16.0. The number of hydrogen-bond donors (Lipinski definition) is 2. The van der Waals surface area contributed by atoms with Gasteiger partial charge in [0, 0.05) is 17.8 Å². The summed E-state index contributed by atoms with van der Waals surface area (Å²) >= 11 is 26.9. The van der Waals surface area contributed by atoms with E-state index in [0.29, 0.717) is 28.0 Å². The van der Waals surface area contributed by atoms with Gasteiger partial charge in [-0.05, 0) is 64.4 Å². The molecule has 22 heavy (non-hydrogen) atoms. The maximum atomic E-state index is 6.23. The largest absolute Gasteiger partial charge is 0.376 e. The topological polar surface area (TPSA) is 41.3 Å². The smallest absolute Gasteiger partial charge is 0.189 e. The highest BCUT2D eigenvalue weighted by molar-refractivity contribution is 9.10. The molecule has 3 nitrogen and oxygen atoms in total. The minimum atomic E-state index is -0.664. The van der Waals surface area contributed by atoms with E-state index in [-0.39, 0.29) is 5.11 Å². The molecule has 0 spiro atoms. The first kappa shape index (κ1) is 17.9. The molecule has 0 saturated carbocycles. The number of benzene rings is 1. The number of nitrogens with zero attached hydrogens (tertiary/aromatic N) is 1. The summed E-state index contributed by atoms with van der Waals surface area (Å²) in [4.78, 5) is 2.01. The van der Waals surface area contributed by atoms with E-state index in [2.05, 4.69) is 21.2 Å². The Morgan fingerprint density at radius 2 is 2.05 bits per heavy atom. The summed E-state index contributed by atoms with van der Waals surface area (Å²) in [7, 11) is 0. The maximum Gasteiger partial charge on any atom is 0.189 e. The van der Waals surface area contributed by atoms with E-state index in [0.717, 1.165) is 5.56 Å². The maximum absolute atomic E-state index is 6.23. The molecule has 0 radical (unpaired) electrons. The minimum Gasteiger partial charge on any atom is -0.376 e. The van der Waals surface area contributed by atoms with Crippen LogP contribution >= 0.6 is 63.0 Å². The van der Waals surface area contributed by atoms with Gasteiger partial charge in [0.25, 0.3) is 0 Å². The van der Waals surface area contributed by atoms with E-state index in [4.69, 9.17) is 52.8 Å². The van der Waals surface area contributed by atoms with Crippen LogP contribution in [0, 0.1) is 0 Å². The molecule has 0 fully saturated rings. The van der Waals surface area contributed by atoms with Crippen LogP contribution < -0.4 is 11.1 Å². The fourth-order valence-electron chi connectivity index (χ4n) is 2.10. The number of rotatable bonds is 4. The summed E-state index contributed by atoms with van der Waals surface area (Å²) in [5.41, 5.74) is 6.47. The van der Waals surface area contributed by atoms with Crippen LogP contribution in [0.1, 0.15) is 5.56 Å². The van der Waals surface area contributed by atoms with E-state index in [1.54, 1.807) is 6.07 Å². The normalized spacial score (nSPS) is 20.3. The van der Waals surface area contributed by atoms with Crippen molar-refractivity contribution in [3.8, 4) is 0 Å². The first-order chi connectivity index (χ1) is 10.3. The highest BCUT2D eigenvalue weighted by atomic mass is 79.9. The molecular formula is C14H13BrCl3N3S. The van der Waals surface area contributed by atoms with Gasteiger partial charge in [0.05, 0.1) is 10.0 Å². The van der Waals surface area contributed by atoms with E-state index >= 15 is 0 Å². The van der Waals surface area contributed by atoms with E-state index in [9.17, 15) is 0 Å². The summed E-state index contributed by atoms with van der Waals surface area (Å²) in [6, 6.07) is 3.44. The first-order valence-corrected chi connectivity index (χ1v) is 8.68. The SMILES string of the molecule is NC(=S)NC1(Br)C=CC=CN1CCc1cc(Cl)cc(Cl)c1Cl. The van der Waals surface area contributed by atoms with Gasteiger partial charge in [0.2, 0.25) is 0 Å². The zero-order valence-electron chi connectivity index (χ0n) is 11.3. The van der Waals surface area contributed by atoms with Crippen molar-refractivity contribution in [3.63, 3.8) is 0 Å². The van der Waals surface area contributed by atoms with Gasteiger partial charge in [-0.3, -0.25) is 0 Å². The number of halogens is 4. The summed E-state index contributed by atoms with van der Waals surface area (Å²) in [6.45, 7) is 0.651. The van der Waals surface area contributed by atoms with Gasteiger partial charge in [-0.2, -0.15) is 0 Å². The highest BCUT2D eigenvalue weighted by Crippen LogP contribution is 2.31. The molecule has 118 valence electrons. The summed E-state index contributed by atoms with van der Waals surface area (Å²) < 4.78 is -0.664. The predicted molar refractivity (Wildman–Crippen MR) is 102 cm³/mol. The van der Waals surface area contributed by atoms with Crippen LogP contribution in [0.4, 0.5) is 0 Å². The van der Waals surface area contributed by atoms with Crippen molar-refractivity contribution in [1.82, 2.24) is 10.2 Å². The third-order valence-corrected chi connectivity index (χ3v) is 5.18. The Morgan fingerprint density at radius 1 is 1.32 bits per heavy atom. The molecule has 0 bridgehead atoms. The summed E-state index contributed by atoms with van der Waals surface area (Å²) in [6.07, 6.45) is 8.33. The van der Waals surface area contributed by atoms with Crippen LogP contribution in [-0.4, -0.2) is 21.1 Å². The number of allylic oxidation sites excluding steroid dienone is 2. The van der Waals surface area contributed by atoms with Crippen LogP contribution in [0.3, 0.4) is 0 Å². The Morgan fingerprint density at radius 3 is 2.73 bits per heavy atom. The molecule has 0 aliphatic carbocycles. The molecule has 1 unspecified atom stereocenters. The second-order valence-electron chi connectivity index (χ2n) is 4.67. The Bertz CT molecular complexity index is 650. The van der Waals surface area contributed by atoms with Crippen molar-refractivity contribution >= 4 is 68.1 Å². The molecule has 1 heterocycles. The molecule has 1 aliphatic heterocycles. The molecule has 2 rings (SSSR count). The van der Waals surface area contributed by atoms with Crippen LogP contribution in [0.2, 0.25) is 15.1 Å². The third kappa shape index (κ3) is 4.30. The number of alkyl halides is 1. The van der Waals surface area contributed by atoms with Gasteiger partial charge in [0.15, 0.2) is 9.68 Å². The lowest BCUT2D eigenvalue weighted by Crippen LogP contribution is -2.55. The Labute approximate surface area is 158 Å².